The first-order valence-corrected chi connectivity index (χ1v) is 6.25. The van der Waals surface area contributed by atoms with E-state index in [0.29, 0.717) is 5.02 Å². The van der Waals surface area contributed by atoms with E-state index in [2.05, 4.69) is 15.4 Å². The predicted molar refractivity (Wildman–Crippen MR) is 72.7 cm³/mol. The highest BCUT2D eigenvalue weighted by Crippen LogP contribution is 2.24. The lowest BCUT2D eigenvalue weighted by atomic mass is 10.0. The first-order chi connectivity index (χ1) is 8.61. The van der Waals surface area contributed by atoms with Crippen molar-refractivity contribution in [1.29, 1.82) is 0 Å². The van der Waals surface area contributed by atoms with Crippen molar-refractivity contribution in [3.05, 3.63) is 46.5 Å². The van der Waals surface area contributed by atoms with Crippen LogP contribution in [-0.4, -0.2) is 21.8 Å². The molecule has 2 heterocycles. The van der Waals surface area contributed by atoms with Gasteiger partial charge in [0.15, 0.2) is 0 Å². The van der Waals surface area contributed by atoms with Crippen molar-refractivity contribution in [1.82, 2.24) is 20.1 Å². The second-order valence-electron chi connectivity index (χ2n) is 4.36. The molecule has 4 nitrogen and oxygen atoms in total. The van der Waals surface area contributed by atoms with Gasteiger partial charge in [0.2, 0.25) is 0 Å². The molecule has 0 bridgehead atoms. The van der Waals surface area contributed by atoms with Gasteiger partial charge in [-0.2, -0.15) is 5.10 Å². The van der Waals surface area contributed by atoms with E-state index < -0.39 is 0 Å². The summed E-state index contributed by atoms with van der Waals surface area (Å²) in [6.07, 6.45) is 6.32. The number of aryl methyl sites for hydroxylation is 2. The third-order valence-electron chi connectivity index (χ3n) is 3.06. The van der Waals surface area contributed by atoms with Gasteiger partial charge in [0.05, 0.1) is 10.7 Å². The van der Waals surface area contributed by atoms with Crippen LogP contribution in [0.5, 0.6) is 0 Å². The molecule has 1 N–H and O–H groups in total. The number of nitrogens with zero attached hydrogens (tertiary/aromatic N) is 3. The highest BCUT2D eigenvalue weighted by Gasteiger charge is 2.16. The molecule has 1 atom stereocenters. The maximum atomic E-state index is 6.15. The van der Waals surface area contributed by atoms with Gasteiger partial charge in [0.25, 0.3) is 0 Å². The third kappa shape index (κ3) is 2.71. The van der Waals surface area contributed by atoms with E-state index in [1.807, 2.05) is 38.0 Å². The van der Waals surface area contributed by atoms with E-state index in [1.165, 1.54) is 5.56 Å². The Bertz CT molecular complexity index is 536. The van der Waals surface area contributed by atoms with E-state index in [-0.39, 0.29) is 6.04 Å². The molecule has 0 aliphatic rings. The van der Waals surface area contributed by atoms with Crippen molar-refractivity contribution < 1.29 is 0 Å². The van der Waals surface area contributed by atoms with E-state index in [4.69, 9.17) is 11.6 Å². The normalized spacial score (nSPS) is 12.7. The van der Waals surface area contributed by atoms with Crippen molar-refractivity contribution in [2.45, 2.75) is 19.4 Å². The van der Waals surface area contributed by atoms with Gasteiger partial charge in [0.1, 0.15) is 0 Å². The number of rotatable bonds is 4. The molecule has 96 valence electrons. The Morgan fingerprint density at radius 3 is 2.83 bits per heavy atom. The lowest BCUT2D eigenvalue weighted by Crippen LogP contribution is -2.19. The average molecular weight is 265 g/mol. The van der Waals surface area contributed by atoms with E-state index >= 15 is 0 Å². The number of halogens is 1. The zero-order valence-corrected chi connectivity index (χ0v) is 11.6. The summed E-state index contributed by atoms with van der Waals surface area (Å²) in [6, 6.07) is 2.16. The van der Waals surface area contributed by atoms with Crippen LogP contribution in [0.15, 0.2) is 24.7 Å². The van der Waals surface area contributed by atoms with Gasteiger partial charge in [-0.1, -0.05) is 11.6 Å². The summed E-state index contributed by atoms with van der Waals surface area (Å²) in [5.41, 5.74) is 3.34. The van der Waals surface area contributed by atoms with Crippen LogP contribution in [0.3, 0.4) is 0 Å². The number of hydrogen-bond acceptors (Lipinski definition) is 3. The highest BCUT2D eigenvalue weighted by atomic mass is 35.5. The first kappa shape index (κ1) is 13.1. The topological polar surface area (TPSA) is 42.7 Å². The van der Waals surface area contributed by atoms with Crippen molar-refractivity contribution >= 4 is 11.6 Å². The molecular formula is C13H17ClN4. The Kier molecular flexibility index (Phi) is 3.99. The summed E-state index contributed by atoms with van der Waals surface area (Å²) in [7, 11) is 3.88. The maximum absolute atomic E-state index is 6.15. The standard InChI is InChI=1S/C13H17ClN4/c1-9-11(8-18(3)17-9)13(15-2)6-10-4-5-16-7-12(10)14/h4-5,7-8,13,15H,6H2,1-3H3. The zero-order valence-electron chi connectivity index (χ0n) is 10.8. The smallest absolute Gasteiger partial charge is 0.0641 e. The van der Waals surface area contributed by atoms with Crippen LogP contribution in [0.2, 0.25) is 5.02 Å². The molecule has 0 spiro atoms. The Hall–Kier alpha value is -1.39. The predicted octanol–water partition coefficient (Wildman–Crippen LogP) is 2.28. The number of likely N-dealkylation sites (N-methyl/N-ethyl adjacent to an activating group) is 1. The van der Waals surface area contributed by atoms with Gasteiger partial charge in [-0.15, -0.1) is 0 Å². The number of aromatic nitrogens is 3. The minimum atomic E-state index is 0.207. The molecule has 18 heavy (non-hydrogen) atoms. The largest absolute Gasteiger partial charge is 0.313 e. The van der Waals surface area contributed by atoms with Crippen LogP contribution in [0.25, 0.3) is 0 Å². The van der Waals surface area contributed by atoms with Gasteiger partial charge in [-0.05, 0) is 32.0 Å². The van der Waals surface area contributed by atoms with Crippen LogP contribution in [0, 0.1) is 6.92 Å². The van der Waals surface area contributed by atoms with E-state index in [0.717, 1.165) is 17.7 Å². The summed E-state index contributed by atoms with van der Waals surface area (Å²) in [5.74, 6) is 0. The fraction of sp³-hybridized carbons (Fsp3) is 0.385. The molecule has 0 aliphatic carbocycles. The zero-order chi connectivity index (χ0) is 13.1. The van der Waals surface area contributed by atoms with Crippen molar-refractivity contribution in [3.63, 3.8) is 0 Å². The molecule has 5 heteroatoms. The minimum absolute atomic E-state index is 0.207. The summed E-state index contributed by atoms with van der Waals surface area (Å²) < 4.78 is 1.84. The molecule has 0 saturated heterocycles. The third-order valence-corrected chi connectivity index (χ3v) is 3.40. The molecule has 2 rings (SSSR count). The van der Waals surface area contributed by atoms with Crippen LogP contribution in [0.4, 0.5) is 0 Å². The number of pyridine rings is 1. The van der Waals surface area contributed by atoms with E-state index in [9.17, 15) is 0 Å². The van der Waals surface area contributed by atoms with Gasteiger partial charge < -0.3 is 5.32 Å². The lowest BCUT2D eigenvalue weighted by Gasteiger charge is -2.16. The molecule has 2 aromatic rings. The van der Waals surface area contributed by atoms with Gasteiger partial charge in [0, 0.05) is 37.2 Å². The van der Waals surface area contributed by atoms with Crippen LogP contribution in [0.1, 0.15) is 22.9 Å². The number of nitrogens with one attached hydrogen (secondary N) is 1. The SMILES string of the molecule is CNC(Cc1ccncc1Cl)c1cn(C)nc1C. The Labute approximate surface area is 112 Å². The molecule has 0 aliphatic heterocycles. The monoisotopic (exact) mass is 264 g/mol. The molecule has 0 amide bonds. The lowest BCUT2D eigenvalue weighted by molar-refractivity contribution is 0.588. The second-order valence-corrected chi connectivity index (χ2v) is 4.76. The van der Waals surface area contributed by atoms with Crippen molar-refractivity contribution in [2.75, 3.05) is 7.05 Å². The van der Waals surface area contributed by atoms with Crippen LogP contribution < -0.4 is 5.32 Å². The van der Waals surface area contributed by atoms with Crippen molar-refractivity contribution in [3.8, 4) is 0 Å². The maximum Gasteiger partial charge on any atom is 0.0641 e. The fourth-order valence-corrected chi connectivity index (χ4v) is 2.31. The summed E-state index contributed by atoms with van der Waals surface area (Å²) in [5, 5.41) is 8.40. The summed E-state index contributed by atoms with van der Waals surface area (Å²) in [6.45, 7) is 2.02. The molecule has 0 aromatic carbocycles. The quantitative estimate of drug-likeness (QED) is 0.921. The number of hydrogen-bond donors (Lipinski definition) is 1. The minimum Gasteiger partial charge on any atom is -0.313 e. The molecular weight excluding hydrogens is 248 g/mol. The van der Waals surface area contributed by atoms with Crippen LogP contribution in [-0.2, 0) is 13.5 Å². The Morgan fingerprint density at radius 1 is 1.50 bits per heavy atom. The first-order valence-electron chi connectivity index (χ1n) is 5.87. The molecule has 2 aromatic heterocycles. The molecule has 0 fully saturated rings. The van der Waals surface area contributed by atoms with Gasteiger partial charge in [-0.3, -0.25) is 9.67 Å². The van der Waals surface area contributed by atoms with Gasteiger partial charge >= 0.3 is 0 Å². The van der Waals surface area contributed by atoms with Crippen LogP contribution >= 0.6 is 11.6 Å². The van der Waals surface area contributed by atoms with Crippen molar-refractivity contribution in [2.24, 2.45) is 7.05 Å². The highest BCUT2D eigenvalue weighted by molar-refractivity contribution is 6.31. The molecule has 1 unspecified atom stereocenters. The molecule has 0 radical (unpaired) electrons. The van der Waals surface area contributed by atoms with E-state index in [1.54, 1.807) is 12.4 Å². The fourth-order valence-electron chi connectivity index (χ4n) is 2.12. The Morgan fingerprint density at radius 2 is 2.28 bits per heavy atom. The summed E-state index contributed by atoms with van der Waals surface area (Å²) in [4.78, 5) is 4.00. The average Bonchev–Trinajstić information content (AvgIpc) is 2.67. The second kappa shape index (κ2) is 5.50. The summed E-state index contributed by atoms with van der Waals surface area (Å²) >= 11 is 6.15. The molecule has 0 saturated carbocycles. The Balaban J connectivity index is 2.25. The van der Waals surface area contributed by atoms with Gasteiger partial charge in [-0.25, -0.2) is 0 Å².